The van der Waals surface area contributed by atoms with Crippen molar-refractivity contribution < 1.29 is 23.9 Å². The molecule has 1 atom stereocenters. The van der Waals surface area contributed by atoms with Crippen LogP contribution in [0.25, 0.3) is 0 Å². The summed E-state index contributed by atoms with van der Waals surface area (Å²) in [6.07, 6.45) is 2.35. The van der Waals surface area contributed by atoms with Gasteiger partial charge < -0.3 is 9.84 Å². The van der Waals surface area contributed by atoms with Gasteiger partial charge in [0.05, 0.1) is 11.7 Å². The summed E-state index contributed by atoms with van der Waals surface area (Å²) in [6, 6.07) is 1.34. The lowest BCUT2D eigenvalue weighted by molar-refractivity contribution is 0.0690. The minimum Gasteiger partial charge on any atom is -0.477 e. The number of rotatable bonds is 4. The normalized spacial score (nSPS) is 11.2. The molecule has 2 aromatic rings. The minimum atomic E-state index is -1.03. The van der Waals surface area contributed by atoms with Crippen molar-refractivity contribution in [1.29, 1.82) is 0 Å². The third-order valence-electron chi connectivity index (χ3n) is 2.60. The molecule has 0 saturated carbocycles. The van der Waals surface area contributed by atoms with E-state index in [2.05, 4.69) is 9.97 Å². The predicted octanol–water partition coefficient (Wildman–Crippen LogP) is 0.604. The van der Waals surface area contributed by atoms with Crippen LogP contribution >= 0.6 is 0 Å². The molecule has 1 unspecified atom stereocenters. The van der Waals surface area contributed by atoms with E-state index in [1.54, 1.807) is 6.92 Å². The molecule has 118 valence electrons. The van der Waals surface area contributed by atoms with Gasteiger partial charge in [0.2, 0.25) is 0 Å². The molecule has 22 heavy (non-hydrogen) atoms. The van der Waals surface area contributed by atoms with Crippen LogP contribution in [0.1, 0.15) is 39.6 Å². The highest BCUT2D eigenvalue weighted by Crippen LogP contribution is 2.13. The molecule has 0 saturated heterocycles. The molecule has 9 nitrogen and oxygen atoms in total. The van der Waals surface area contributed by atoms with Crippen LogP contribution in [-0.4, -0.2) is 44.4 Å². The third-order valence-corrected chi connectivity index (χ3v) is 2.60. The molecule has 0 spiro atoms. The lowest BCUT2D eigenvalue weighted by Gasteiger charge is -2.04. The summed E-state index contributed by atoms with van der Waals surface area (Å²) < 4.78 is 17.4. The number of hydrogen-bond donors (Lipinski definition) is 2. The fourth-order valence-electron chi connectivity index (χ4n) is 1.46. The first-order valence-electron chi connectivity index (χ1n) is 5.90. The van der Waals surface area contributed by atoms with Gasteiger partial charge in [0, 0.05) is 13.3 Å². The van der Waals surface area contributed by atoms with Crippen molar-refractivity contribution >= 4 is 12.3 Å². The first-order chi connectivity index (χ1) is 10.4. The van der Waals surface area contributed by atoms with Crippen molar-refractivity contribution in [2.24, 2.45) is 0 Å². The molecule has 10 heteroatoms. The molecule has 0 amide bonds. The lowest BCUT2D eigenvalue weighted by atomic mass is 10.1. The average Bonchev–Trinajstić information content (AvgIpc) is 2.83. The van der Waals surface area contributed by atoms with Gasteiger partial charge in [0.25, 0.3) is 0 Å². The maximum atomic E-state index is 12.6. The van der Waals surface area contributed by atoms with Crippen LogP contribution in [0.15, 0.2) is 23.4 Å². The second-order valence-corrected chi connectivity index (χ2v) is 3.92. The van der Waals surface area contributed by atoms with E-state index in [1.807, 2.05) is 5.10 Å². The summed E-state index contributed by atoms with van der Waals surface area (Å²) in [6.45, 7) is 1.55. The highest BCUT2D eigenvalue weighted by atomic mass is 19.2. The number of nitrogens with one attached hydrogen (secondary N) is 1. The maximum Gasteiger partial charge on any atom is 0.354 e. The van der Waals surface area contributed by atoms with Crippen LogP contribution in [0, 0.1) is 0 Å². The summed E-state index contributed by atoms with van der Waals surface area (Å²) in [4.78, 5) is 38.4. The van der Waals surface area contributed by atoms with E-state index in [-0.39, 0.29) is 21.9 Å². The number of ether oxygens (including phenoxy) is 1. The van der Waals surface area contributed by atoms with E-state index in [0.717, 1.165) is 0 Å². The number of hydrogen-bond acceptors (Lipinski definition) is 6. The predicted molar refractivity (Wildman–Crippen MR) is 71.4 cm³/mol. The van der Waals surface area contributed by atoms with Crippen molar-refractivity contribution in [1.82, 2.24) is 20.0 Å². The fourth-order valence-corrected chi connectivity index (χ4v) is 1.46. The highest BCUT2D eigenvalue weighted by molar-refractivity contribution is 5.84. The van der Waals surface area contributed by atoms with Gasteiger partial charge in [-0.1, -0.05) is 9.39 Å². The van der Waals surface area contributed by atoms with E-state index >= 15 is 0 Å². The Kier molecular flexibility index (Phi) is 6.08. The number of aromatic nitrogens is 4. The summed E-state index contributed by atoms with van der Waals surface area (Å²) >= 11 is 0. The number of H-pyrrole nitrogens is 1. The van der Waals surface area contributed by atoms with Crippen LogP contribution in [0.5, 0.6) is 0 Å². The van der Waals surface area contributed by atoms with Gasteiger partial charge in [-0.05, 0) is 13.0 Å². The lowest BCUT2D eigenvalue weighted by Crippen LogP contribution is -2.15. The fraction of sp³-hybridized carbons (Fsp3) is 0.250. The Balaban J connectivity index is 0.000000235. The zero-order valence-electron chi connectivity index (χ0n) is 11.7. The van der Waals surface area contributed by atoms with Crippen molar-refractivity contribution in [2.45, 2.75) is 13.0 Å². The quantitative estimate of drug-likeness (QED) is 0.791. The first-order valence-corrected chi connectivity index (χ1v) is 5.90. The first kappa shape index (κ1) is 17.2. The van der Waals surface area contributed by atoms with Crippen LogP contribution in [-0.2, 0) is 4.74 Å². The number of nitrogens with zero attached hydrogens (tertiary/aromatic N) is 3. The number of carbonyl (C=O) groups excluding carboxylic acids is 1. The molecule has 0 fully saturated rings. The number of aldehydes is 1. The van der Waals surface area contributed by atoms with Crippen LogP contribution in [0.2, 0.25) is 0 Å². The average molecular weight is 312 g/mol. The monoisotopic (exact) mass is 312 g/mol. The standard InChI is InChI=1S/C7H9FN2O3.C5H4N2O2/c1-4(13-2)6-5(3-11)9-10(8)7(6)12;8-5(9)4-1-2-6-3-7-4/h3-4,9H,1-2H3;1-3H,(H,8,9). The van der Waals surface area contributed by atoms with E-state index in [9.17, 15) is 18.9 Å². The Morgan fingerprint density at radius 1 is 1.59 bits per heavy atom. The molecule has 0 aromatic carbocycles. The molecule has 0 bridgehead atoms. The summed E-state index contributed by atoms with van der Waals surface area (Å²) in [7, 11) is 1.37. The zero-order valence-corrected chi connectivity index (χ0v) is 11.7. The van der Waals surface area contributed by atoms with Gasteiger partial charge in [-0.25, -0.2) is 14.8 Å². The third kappa shape index (κ3) is 4.06. The molecule has 0 aliphatic carbocycles. The number of methoxy groups -OCH3 is 1. The molecular weight excluding hydrogens is 299 g/mol. The van der Waals surface area contributed by atoms with Crippen LogP contribution in [0.4, 0.5) is 4.48 Å². The Bertz CT molecular complexity index is 697. The van der Waals surface area contributed by atoms with Crippen LogP contribution < -0.4 is 5.56 Å². The molecule has 2 heterocycles. The summed E-state index contributed by atoms with van der Waals surface area (Å²) in [5.74, 6) is -1.03. The number of carboxylic acid groups (broad SMARTS) is 1. The molecular formula is C12H13FN4O5. The van der Waals surface area contributed by atoms with E-state index < -0.39 is 17.6 Å². The molecule has 2 N–H and O–H groups in total. The largest absolute Gasteiger partial charge is 0.477 e. The summed E-state index contributed by atoms with van der Waals surface area (Å²) in [5, 5.41) is 10.3. The van der Waals surface area contributed by atoms with Crippen molar-refractivity contribution in [2.75, 3.05) is 7.11 Å². The Hall–Kier alpha value is -2.88. The van der Waals surface area contributed by atoms with E-state index in [0.29, 0.717) is 6.29 Å². The number of aromatic carboxylic acids is 1. The van der Waals surface area contributed by atoms with Crippen molar-refractivity contribution in [3.05, 3.63) is 45.9 Å². The number of carbonyl (C=O) groups is 2. The van der Waals surface area contributed by atoms with Crippen molar-refractivity contribution in [3.8, 4) is 0 Å². The smallest absolute Gasteiger partial charge is 0.354 e. The molecule has 0 radical (unpaired) electrons. The highest BCUT2D eigenvalue weighted by Gasteiger charge is 2.19. The topological polar surface area (TPSA) is 127 Å². The second kappa shape index (κ2) is 7.78. The van der Waals surface area contributed by atoms with E-state index in [1.165, 1.54) is 25.7 Å². The Labute approximate surface area is 123 Å². The van der Waals surface area contributed by atoms with Gasteiger partial charge in [-0.3, -0.25) is 14.7 Å². The second-order valence-electron chi connectivity index (χ2n) is 3.92. The molecule has 0 aliphatic heterocycles. The van der Waals surface area contributed by atoms with E-state index in [4.69, 9.17) is 9.84 Å². The Morgan fingerprint density at radius 3 is 2.68 bits per heavy atom. The molecule has 0 aliphatic rings. The number of halogens is 1. The Morgan fingerprint density at radius 2 is 2.27 bits per heavy atom. The number of aromatic amines is 1. The van der Waals surface area contributed by atoms with Gasteiger partial charge in [-0.15, -0.1) is 0 Å². The number of carboxylic acids is 1. The minimum absolute atomic E-state index is 0.000000000000000222. The van der Waals surface area contributed by atoms with Gasteiger partial charge in [0.1, 0.15) is 12.0 Å². The van der Waals surface area contributed by atoms with Crippen LogP contribution in [0.3, 0.4) is 0 Å². The zero-order chi connectivity index (χ0) is 16.7. The maximum absolute atomic E-state index is 12.6. The van der Waals surface area contributed by atoms with Gasteiger partial charge >= 0.3 is 11.5 Å². The SMILES string of the molecule is COC(C)c1c(C=O)[nH]n(F)c1=O.O=C(O)c1ccncn1. The molecule has 2 aromatic heterocycles. The van der Waals surface area contributed by atoms with Gasteiger partial charge in [0.15, 0.2) is 12.0 Å². The molecule has 2 rings (SSSR count). The van der Waals surface area contributed by atoms with Crippen molar-refractivity contribution in [3.63, 3.8) is 0 Å². The van der Waals surface area contributed by atoms with Gasteiger partial charge in [-0.2, -0.15) is 0 Å². The summed E-state index contributed by atoms with van der Waals surface area (Å²) in [5.41, 5.74) is -0.969.